The van der Waals surface area contributed by atoms with Gasteiger partial charge in [0.25, 0.3) is 0 Å². The number of aromatic nitrogens is 2. The average Bonchev–Trinajstić information content (AvgIpc) is 2.63. The molecule has 0 N–H and O–H groups in total. The van der Waals surface area contributed by atoms with Crippen molar-refractivity contribution >= 4 is 0 Å². The van der Waals surface area contributed by atoms with Crippen LogP contribution >= 0.6 is 0 Å². The van der Waals surface area contributed by atoms with Crippen LogP contribution in [0.1, 0.15) is 11.1 Å². The lowest BCUT2D eigenvalue weighted by Gasteiger charge is -2.12. The van der Waals surface area contributed by atoms with E-state index < -0.39 is 0 Å². The van der Waals surface area contributed by atoms with Gasteiger partial charge in [-0.25, -0.2) is 0 Å². The predicted octanol–water partition coefficient (Wildman–Crippen LogP) is 2.71. The molecular weight excluding hydrogens is 200 g/mol. The molecule has 0 spiro atoms. The number of nitrogens with zero attached hydrogens (tertiary/aromatic N) is 2. The Morgan fingerprint density at radius 1 is 1.25 bits per heavy atom. The van der Waals surface area contributed by atoms with Crippen molar-refractivity contribution in [3.8, 4) is 17.0 Å². The highest BCUT2D eigenvalue weighted by Crippen LogP contribution is 2.33. The fraction of sp³-hybridized carbons (Fsp3) is 0.308. The number of hydrogen-bond donors (Lipinski definition) is 0. The number of aryl methyl sites for hydroxylation is 3. The molecule has 0 aliphatic heterocycles. The second kappa shape index (κ2) is 4.00. The van der Waals surface area contributed by atoms with Gasteiger partial charge < -0.3 is 4.74 Å². The predicted molar refractivity (Wildman–Crippen MR) is 64.7 cm³/mol. The van der Waals surface area contributed by atoms with Gasteiger partial charge in [-0.2, -0.15) is 5.10 Å². The van der Waals surface area contributed by atoms with Gasteiger partial charge in [0, 0.05) is 18.8 Å². The molecule has 0 aliphatic rings. The Morgan fingerprint density at radius 2 is 2.00 bits per heavy atom. The smallest absolute Gasteiger partial charge is 0.131 e. The molecule has 0 aliphatic carbocycles. The number of rotatable bonds is 2. The second-order valence-electron chi connectivity index (χ2n) is 4.00. The molecule has 0 unspecified atom stereocenters. The molecule has 0 saturated heterocycles. The fourth-order valence-electron chi connectivity index (χ4n) is 2.05. The minimum Gasteiger partial charge on any atom is -0.496 e. The molecule has 0 saturated carbocycles. The Morgan fingerprint density at radius 3 is 2.56 bits per heavy atom. The Kier molecular flexibility index (Phi) is 2.69. The summed E-state index contributed by atoms with van der Waals surface area (Å²) in [5.41, 5.74) is 4.55. The molecule has 2 aromatic rings. The molecule has 0 fully saturated rings. The normalized spacial score (nSPS) is 10.5. The van der Waals surface area contributed by atoms with E-state index in [-0.39, 0.29) is 0 Å². The first-order valence-corrected chi connectivity index (χ1v) is 5.27. The summed E-state index contributed by atoms with van der Waals surface area (Å²) >= 11 is 0. The van der Waals surface area contributed by atoms with E-state index in [1.807, 2.05) is 17.8 Å². The topological polar surface area (TPSA) is 27.1 Å². The van der Waals surface area contributed by atoms with Gasteiger partial charge in [-0.15, -0.1) is 0 Å². The SMILES string of the molecule is COc1c(C)cc(C)cc1-c1ccnn1C. The van der Waals surface area contributed by atoms with Gasteiger partial charge >= 0.3 is 0 Å². The van der Waals surface area contributed by atoms with Crippen LogP contribution in [0, 0.1) is 13.8 Å². The third-order valence-electron chi connectivity index (χ3n) is 2.72. The van der Waals surface area contributed by atoms with Crippen LogP contribution < -0.4 is 4.74 Å². The first-order chi connectivity index (χ1) is 7.63. The molecular formula is C13H16N2O. The van der Waals surface area contributed by atoms with E-state index in [9.17, 15) is 0 Å². The first kappa shape index (κ1) is 10.7. The highest BCUT2D eigenvalue weighted by molar-refractivity contribution is 5.70. The largest absolute Gasteiger partial charge is 0.496 e. The van der Waals surface area contributed by atoms with Gasteiger partial charge in [0.15, 0.2) is 0 Å². The molecule has 2 rings (SSSR count). The second-order valence-corrected chi connectivity index (χ2v) is 4.00. The zero-order chi connectivity index (χ0) is 11.7. The van der Waals surface area contributed by atoms with Crippen LogP contribution in [0.25, 0.3) is 11.3 Å². The molecule has 1 aromatic heterocycles. The van der Waals surface area contributed by atoms with Crippen molar-refractivity contribution < 1.29 is 4.74 Å². The van der Waals surface area contributed by atoms with E-state index in [1.165, 1.54) is 5.56 Å². The zero-order valence-electron chi connectivity index (χ0n) is 10.1. The summed E-state index contributed by atoms with van der Waals surface area (Å²) in [6.07, 6.45) is 1.80. The summed E-state index contributed by atoms with van der Waals surface area (Å²) in [7, 11) is 3.64. The Labute approximate surface area is 95.7 Å². The Hall–Kier alpha value is -1.77. The van der Waals surface area contributed by atoms with Crippen molar-refractivity contribution in [3.63, 3.8) is 0 Å². The lowest BCUT2D eigenvalue weighted by molar-refractivity contribution is 0.413. The van der Waals surface area contributed by atoms with Gasteiger partial charge in [-0.1, -0.05) is 6.07 Å². The van der Waals surface area contributed by atoms with Gasteiger partial charge in [-0.3, -0.25) is 4.68 Å². The van der Waals surface area contributed by atoms with Crippen molar-refractivity contribution in [2.75, 3.05) is 7.11 Å². The molecule has 0 atom stereocenters. The van der Waals surface area contributed by atoms with Gasteiger partial charge in [-0.05, 0) is 37.1 Å². The van der Waals surface area contributed by atoms with Crippen LogP contribution in [0.15, 0.2) is 24.4 Å². The maximum atomic E-state index is 5.47. The molecule has 3 heteroatoms. The highest BCUT2D eigenvalue weighted by atomic mass is 16.5. The van der Waals surface area contributed by atoms with Crippen LogP contribution in [0.4, 0.5) is 0 Å². The Bertz CT molecular complexity index is 515. The third-order valence-corrected chi connectivity index (χ3v) is 2.72. The number of benzene rings is 1. The van der Waals surface area contributed by atoms with Crippen LogP contribution in [0.3, 0.4) is 0 Å². The summed E-state index contributed by atoms with van der Waals surface area (Å²) < 4.78 is 7.33. The minimum atomic E-state index is 0.925. The standard InChI is InChI=1S/C13H16N2O/c1-9-7-10(2)13(16-4)11(8-9)12-5-6-14-15(12)3/h5-8H,1-4H3. The summed E-state index contributed by atoms with van der Waals surface area (Å²) in [6, 6.07) is 6.25. The van der Waals surface area contributed by atoms with Crippen LogP contribution in [-0.4, -0.2) is 16.9 Å². The van der Waals surface area contributed by atoms with Crippen LogP contribution in [-0.2, 0) is 7.05 Å². The molecule has 1 heterocycles. The van der Waals surface area contributed by atoms with Gasteiger partial charge in [0.1, 0.15) is 5.75 Å². The number of hydrogen-bond acceptors (Lipinski definition) is 2. The van der Waals surface area contributed by atoms with Crippen molar-refractivity contribution in [1.82, 2.24) is 9.78 Å². The van der Waals surface area contributed by atoms with E-state index in [0.717, 1.165) is 22.6 Å². The quantitative estimate of drug-likeness (QED) is 0.771. The molecule has 3 nitrogen and oxygen atoms in total. The van der Waals surface area contributed by atoms with E-state index in [2.05, 4.69) is 31.1 Å². The average molecular weight is 216 g/mol. The molecule has 84 valence electrons. The lowest BCUT2D eigenvalue weighted by Crippen LogP contribution is -1.98. The summed E-state index contributed by atoms with van der Waals surface area (Å²) in [5, 5.41) is 4.19. The van der Waals surface area contributed by atoms with Crippen molar-refractivity contribution in [1.29, 1.82) is 0 Å². The molecule has 0 radical (unpaired) electrons. The lowest BCUT2D eigenvalue weighted by atomic mass is 10.0. The molecule has 16 heavy (non-hydrogen) atoms. The van der Waals surface area contributed by atoms with E-state index in [0.29, 0.717) is 0 Å². The van der Waals surface area contributed by atoms with Crippen LogP contribution in [0.5, 0.6) is 5.75 Å². The molecule has 0 bridgehead atoms. The minimum absolute atomic E-state index is 0.925. The zero-order valence-corrected chi connectivity index (χ0v) is 10.1. The highest BCUT2D eigenvalue weighted by Gasteiger charge is 2.12. The molecule has 1 aromatic carbocycles. The van der Waals surface area contributed by atoms with E-state index in [4.69, 9.17) is 4.74 Å². The van der Waals surface area contributed by atoms with Gasteiger partial charge in [0.2, 0.25) is 0 Å². The maximum Gasteiger partial charge on any atom is 0.131 e. The molecule has 0 amide bonds. The Balaban J connectivity index is 2.68. The summed E-state index contributed by atoms with van der Waals surface area (Å²) in [5.74, 6) is 0.925. The van der Waals surface area contributed by atoms with Crippen molar-refractivity contribution in [2.45, 2.75) is 13.8 Å². The number of methoxy groups -OCH3 is 1. The number of ether oxygens (including phenoxy) is 1. The third kappa shape index (κ3) is 1.69. The monoisotopic (exact) mass is 216 g/mol. The van der Waals surface area contributed by atoms with Crippen molar-refractivity contribution in [3.05, 3.63) is 35.5 Å². The van der Waals surface area contributed by atoms with E-state index >= 15 is 0 Å². The summed E-state index contributed by atoms with van der Waals surface area (Å²) in [6.45, 7) is 4.15. The first-order valence-electron chi connectivity index (χ1n) is 5.27. The van der Waals surface area contributed by atoms with E-state index in [1.54, 1.807) is 13.3 Å². The fourth-order valence-corrected chi connectivity index (χ4v) is 2.05. The summed E-state index contributed by atoms with van der Waals surface area (Å²) in [4.78, 5) is 0. The van der Waals surface area contributed by atoms with Gasteiger partial charge in [0.05, 0.1) is 12.8 Å². The van der Waals surface area contributed by atoms with Crippen molar-refractivity contribution in [2.24, 2.45) is 7.05 Å². The maximum absolute atomic E-state index is 5.47. The van der Waals surface area contributed by atoms with Crippen LogP contribution in [0.2, 0.25) is 0 Å².